The Bertz CT molecular complexity index is 1610. The van der Waals surface area contributed by atoms with Crippen LogP contribution in [0.3, 0.4) is 0 Å². The molecule has 1 amide bonds. The van der Waals surface area contributed by atoms with Gasteiger partial charge in [-0.15, -0.1) is 0 Å². The Balaban J connectivity index is 1.69. The van der Waals surface area contributed by atoms with Gasteiger partial charge in [-0.3, -0.25) is 4.79 Å². The van der Waals surface area contributed by atoms with Gasteiger partial charge in [0.15, 0.2) is 0 Å². The summed E-state index contributed by atoms with van der Waals surface area (Å²) in [6.07, 6.45) is 3.10. The van der Waals surface area contributed by atoms with Crippen LogP contribution in [0.1, 0.15) is 54.9 Å². The van der Waals surface area contributed by atoms with Crippen molar-refractivity contribution in [2.75, 3.05) is 10.6 Å². The molecule has 0 heterocycles. The van der Waals surface area contributed by atoms with E-state index in [9.17, 15) is 18.0 Å². The maximum absolute atomic E-state index is 15.1. The van der Waals surface area contributed by atoms with Gasteiger partial charge in [0.2, 0.25) is 0 Å². The van der Waals surface area contributed by atoms with Crippen molar-refractivity contribution in [3.8, 4) is 0 Å². The molecule has 3 aromatic rings. The molecule has 3 aromatic carbocycles. The highest BCUT2D eigenvalue weighted by molar-refractivity contribution is 6.06. The molecule has 230 valence electrons. The van der Waals surface area contributed by atoms with Crippen molar-refractivity contribution in [1.29, 1.82) is 0 Å². The molecule has 1 saturated carbocycles. The van der Waals surface area contributed by atoms with Crippen LogP contribution in [0, 0.1) is 11.7 Å². The third-order valence-corrected chi connectivity index (χ3v) is 7.61. The lowest BCUT2D eigenvalue weighted by atomic mass is 9.79. The lowest BCUT2D eigenvalue weighted by molar-refractivity contribution is -0.112. The van der Waals surface area contributed by atoms with E-state index >= 15 is 4.39 Å². The fourth-order valence-corrected chi connectivity index (χ4v) is 4.92. The SMILES string of the molecule is C=C(N)c1cc(N/C(=C\C(=C)C(F)(F)F)C(=O)Nc2cc(C(N)(CCC3CC3)c3ccccc3)ccc2F)ccc1/C=C\C. The number of anilines is 2. The number of hydrogen-bond acceptors (Lipinski definition) is 4. The first-order chi connectivity index (χ1) is 20.8. The summed E-state index contributed by atoms with van der Waals surface area (Å²) in [7, 11) is 0. The van der Waals surface area contributed by atoms with E-state index in [1.165, 1.54) is 12.1 Å². The fraction of sp³-hybridized carbons (Fsp3) is 0.229. The number of rotatable bonds is 12. The largest absolute Gasteiger partial charge is 0.415 e. The first kappa shape index (κ1) is 32.3. The van der Waals surface area contributed by atoms with Gasteiger partial charge in [0.1, 0.15) is 11.5 Å². The van der Waals surface area contributed by atoms with E-state index in [-0.39, 0.29) is 17.1 Å². The molecule has 1 aliphatic rings. The van der Waals surface area contributed by atoms with E-state index in [0.29, 0.717) is 29.5 Å². The molecule has 1 unspecified atom stereocenters. The highest BCUT2D eigenvalue weighted by Crippen LogP contribution is 2.40. The second-order valence-corrected chi connectivity index (χ2v) is 11.0. The smallest absolute Gasteiger partial charge is 0.399 e. The number of alkyl halides is 3. The molecule has 1 atom stereocenters. The van der Waals surface area contributed by atoms with Crippen molar-refractivity contribution in [1.82, 2.24) is 0 Å². The Labute approximate surface area is 255 Å². The molecule has 1 fully saturated rings. The molecule has 6 N–H and O–H groups in total. The molecular formula is C35H36F4N4O. The van der Waals surface area contributed by atoms with Crippen molar-refractivity contribution in [3.05, 3.63) is 131 Å². The highest BCUT2D eigenvalue weighted by atomic mass is 19.4. The zero-order valence-electron chi connectivity index (χ0n) is 24.5. The van der Waals surface area contributed by atoms with Gasteiger partial charge in [-0.05, 0) is 72.7 Å². The van der Waals surface area contributed by atoms with Gasteiger partial charge < -0.3 is 22.1 Å². The quantitative estimate of drug-likeness (QED) is 0.0952. The second-order valence-electron chi connectivity index (χ2n) is 11.0. The number of amides is 1. The minimum Gasteiger partial charge on any atom is -0.399 e. The van der Waals surface area contributed by atoms with Crippen LogP contribution >= 0.6 is 0 Å². The van der Waals surface area contributed by atoms with Gasteiger partial charge in [0.25, 0.3) is 5.91 Å². The van der Waals surface area contributed by atoms with Crippen LogP contribution in [0.4, 0.5) is 28.9 Å². The number of allylic oxidation sites excluding steroid dienone is 3. The average Bonchev–Trinajstić information content (AvgIpc) is 3.82. The van der Waals surface area contributed by atoms with Crippen molar-refractivity contribution < 1.29 is 22.4 Å². The fourth-order valence-electron chi connectivity index (χ4n) is 4.92. The number of halogens is 4. The number of nitrogens with two attached hydrogens (primary N) is 2. The Morgan fingerprint density at radius 3 is 2.32 bits per heavy atom. The summed E-state index contributed by atoms with van der Waals surface area (Å²) in [6.45, 7) is 8.63. The van der Waals surface area contributed by atoms with Gasteiger partial charge in [0, 0.05) is 16.9 Å². The zero-order chi connectivity index (χ0) is 32.1. The molecule has 0 bridgehead atoms. The van der Waals surface area contributed by atoms with Gasteiger partial charge in [-0.1, -0.05) is 80.6 Å². The number of carbonyl (C=O) groups excluding carboxylic acids is 1. The Morgan fingerprint density at radius 2 is 1.70 bits per heavy atom. The zero-order valence-corrected chi connectivity index (χ0v) is 24.5. The Morgan fingerprint density at radius 1 is 1.00 bits per heavy atom. The normalized spacial score (nSPS) is 15.1. The van der Waals surface area contributed by atoms with Crippen molar-refractivity contribution in [3.63, 3.8) is 0 Å². The van der Waals surface area contributed by atoms with Crippen LogP contribution in [0.5, 0.6) is 0 Å². The Kier molecular flexibility index (Phi) is 9.79. The highest BCUT2D eigenvalue weighted by Gasteiger charge is 2.34. The van der Waals surface area contributed by atoms with E-state index in [4.69, 9.17) is 11.5 Å². The van der Waals surface area contributed by atoms with Crippen LogP contribution < -0.4 is 22.1 Å². The second kappa shape index (κ2) is 13.3. The maximum Gasteiger partial charge on any atom is 0.415 e. The van der Waals surface area contributed by atoms with Gasteiger partial charge in [0.05, 0.1) is 16.8 Å². The summed E-state index contributed by atoms with van der Waals surface area (Å²) in [4.78, 5) is 13.5. The molecule has 0 aliphatic heterocycles. The predicted molar refractivity (Wildman–Crippen MR) is 170 cm³/mol. The molecule has 44 heavy (non-hydrogen) atoms. The monoisotopic (exact) mass is 604 g/mol. The van der Waals surface area contributed by atoms with Gasteiger partial charge >= 0.3 is 6.18 Å². The summed E-state index contributed by atoms with van der Waals surface area (Å²) in [5, 5.41) is 5.15. The molecule has 0 aromatic heterocycles. The van der Waals surface area contributed by atoms with Crippen molar-refractivity contribution in [2.24, 2.45) is 17.4 Å². The van der Waals surface area contributed by atoms with Crippen LogP contribution in [0.25, 0.3) is 11.8 Å². The van der Waals surface area contributed by atoms with Crippen molar-refractivity contribution >= 4 is 29.1 Å². The van der Waals surface area contributed by atoms with Crippen LogP contribution in [-0.4, -0.2) is 12.1 Å². The maximum atomic E-state index is 15.1. The van der Waals surface area contributed by atoms with Gasteiger partial charge in [-0.2, -0.15) is 13.2 Å². The molecule has 5 nitrogen and oxygen atoms in total. The Hall–Kier alpha value is -4.63. The van der Waals surface area contributed by atoms with E-state index < -0.39 is 34.7 Å². The minimum absolute atomic E-state index is 0.223. The summed E-state index contributed by atoms with van der Waals surface area (Å²) in [5.41, 5.74) is 13.0. The third-order valence-electron chi connectivity index (χ3n) is 7.61. The molecular weight excluding hydrogens is 568 g/mol. The molecule has 0 radical (unpaired) electrons. The lowest BCUT2D eigenvalue weighted by Gasteiger charge is -2.31. The number of nitrogens with one attached hydrogen (secondary N) is 2. The first-order valence-electron chi connectivity index (χ1n) is 14.2. The minimum atomic E-state index is -4.80. The molecule has 0 saturated heterocycles. The summed E-state index contributed by atoms with van der Waals surface area (Å²) < 4.78 is 55.6. The summed E-state index contributed by atoms with van der Waals surface area (Å²) in [5.74, 6) is -1.20. The molecule has 4 rings (SSSR count). The van der Waals surface area contributed by atoms with Crippen LogP contribution in [0.15, 0.2) is 103 Å². The van der Waals surface area contributed by atoms with Crippen LogP contribution in [0.2, 0.25) is 0 Å². The third kappa shape index (κ3) is 7.85. The summed E-state index contributed by atoms with van der Waals surface area (Å²) >= 11 is 0. The molecule has 0 spiro atoms. The number of carbonyl (C=O) groups is 1. The van der Waals surface area contributed by atoms with E-state index in [1.807, 2.05) is 37.3 Å². The first-order valence-corrected chi connectivity index (χ1v) is 14.2. The van der Waals surface area contributed by atoms with Crippen LogP contribution in [-0.2, 0) is 10.3 Å². The average molecular weight is 605 g/mol. The van der Waals surface area contributed by atoms with E-state index in [0.717, 1.165) is 30.4 Å². The number of benzene rings is 3. The molecule has 1 aliphatic carbocycles. The number of hydrogen-bond donors (Lipinski definition) is 4. The van der Waals surface area contributed by atoms with E-state index in [2.05, 4.69) is 23.8 Å². The standard InChI is InChI=1S/C35H36F4N4O/c1-4-8-25-13-15-28(21-29(25)23(3)40)42-32(19-22(2)35(37,38)39)33(44)43-31-20-27(14-16-30(31)36)34(41,18-17-24-11-12-24)26-9-6-5-7-10-26/h4-10,13-16,19-21,24,42H,2-3,11-12,17-18,40-41H2,1H3,(H,43,44)/b8-4-,32-19-. The topological polar surface area (TPSA) is 93.2 Å². The van der Waals surface area contributed by atoms with Crippen molar-refractivity contribution in [2.45, 2.75) is 44.3 Å². The predicted octanol–water partition coefficient (Wildman–Crippen LogP) is 8.23. The van der Waals surface area contributed by atoms with Gasteiger partial charge in [-0.25, -0.2) is 4.39 Å². The molecule has 9 heteroatoms. The lowest BCUT2D eigenvalue weighted by Crippen LogP contribution is -2.38. The van der Waals surface area contributed by atoms with E-state index in [1.54, 1.807) is 36.4 Å². The summed E-state index contributed by atoms with van der Waals surface area (Å²) in [6, 6.07) is 18.4.